The fourth-order valence-electron chi connectivity index (χ4n) is 1.92. The molecule has 1 amide bonds. The minimum atomic E-state index is -4.27. The minimum absolute atomic E-state index is 0.146. The molecule has 1 aliphatic heterocycles. The Hall–Kier alpha value is -1.56. The molecule has 0 aromatic heterocycles. The number of halogens is 3. The summed E-state index contributed by atoms with van der Waals surface area (Å²) in [5.41, 5.74) is 1.78. The third-order valence-electron chi connectivity index (χ3n) is 2.84. The maximum absolute atomic E-state index is 12.0. The molecule has 1 unspecified atom stereocenters. The molecule has 1 aliphatic rings. The van der Waals surface area contributed by atoms with Gasteiger partial charge in [-0.05, 0) is 23.6 Å². The topological polar surface area (TPSA) is 49.3 Å². The molecular formula is C12H12F3NO2. The Morgan fingerprint density at radius 1 is 1.39 bits per heavy atom. The largest absolute Gasteiger partial charge is 0.389 e. The molecule has 0 aliphatic carbocycles. The highest BCUT2D eigenvalue weighted by Crippen LogP contribution is 2.30. The summed E-state index contributed by atoms with van der Waals surface area (Å²) in [5.74, 6) is -0.146. The zero-order chi connectivity index (χ0) is 13.3. The zero-order valence-corrected chi connectivity index (χ0v) is 9.42. The molecule has 0 saturated carbocycles. The number of aliphatic hydroxyl groups excluding tert-OH is 1. The maximum Gasteiger partial charge on any atom is 0.389 e. The van der Waals surface area contributed by atoms with Gasteiger partial charge in [0.25, 0.3) is 0 Å². The van der Waals surface area contributed by atoms with E-state index in [0.29, 0.717) is 16.8 Å². The lowest BCUT2D eigenvalue weighted by Crippen LogP contribution is -2.10. The molecular weight excluding hydrogens is 247 g/mol. The van der Waals surface area contributed by atoms with Crippen molar-refractivity contribution in [2.45, 2.75) is 31.5 Å². The number of carbonyl (C=O) groups excluding carboxylic acids is 1. The van der Waals surface area contributed by atoms with Crippen LogP contribution in [0.5, 0.6) is 0 Å². The molecule has 0 spiro atoms. The first-order chi connectivity index (χ1) is 8.35. The highest BCUT2D eigenvalue weighted by molar-refractivity contribution is 5.99. The molecule has 1 heterocycles. The Morgan fingerprint density at radius 2 is 2.11 bits per heavy atom. The van der Waals surface area contributed by atoms with Crippen LogP contribution >= 0.6 is 0 Å². The fourth-order valence-corrected chi connectivity index (χ4v) is 1.92. The Kier molecular flexibility index (Phi) is 3.30. The van der Waals surface area contributed by atoms with Crippen LogP contribution in [0.1, 0.15) is 30.1 Å². The van der Waals surface area contributed by atoms with Crippen LogP contribution in [0.15, 0.2) is 18.2 Å². The molecule has 0 fully saturated rings. The van der Waals surface area contributed by atoms with Gasteiger partial charge in [0.2, 0.25) is 5.91 Å². The normalized spacial score (nSPS) is 16.3. The van der Waals surface area contributed by atoms with E-state index < -0.39 is 18.7 Å². The third-order valence-corrected chi connectivity index (χ3v) is 2.84. The second kappa shape index (κ2) is 4.61. The van der Waals surface area contributed by atoms with E-state index in [9.17, 15) is 23.1 Å². The Bertz CT molecular complexity index is 471. The van der Waals surface area contributed by atoms with Crippen LogP contribution in [0.4, 0.5) is 18.9 Å². The maximum atomic E-state index is 12.0. The lowest BCUT2D eigenvalue weighted by Gasteiger charge is -2.13. The summed E-state index contributed by atoms with van der Waals surface area (Å²) < 4.78 is 36.1. The van der Waals surface area contributed by atoms with Gasteiger partial charge in [-0.25, -0.2) is 0 Å². The van der Waals surface area contributed by atoms with Gasteiger partial charge in [-0.2, -0.15) is 13.2 Å². The highest BCUT2D eigenvalue weighted by Gasteiger charge is 2.28. The predicted octanol–water partition coefficient (Wildman–Crippen LogP) is 2.56. The smallest absolute Gasteiger partial charge is 0.388 e. The van der Waals surface area contributed by atoms with Gasteiger partial charge < -0.3 is 10.4 Å². The number of benzene rings is 1. The average molecular weight is 259 g/mol. The number of carbonyl (C=O) groups is 1. The van der Waals surface area contributed by atoms with E-state index in [0.717, 1.165) is 0 Å². The fraction of sp³-hybridized carbons (Fsp3) is 0.417. The highest BCUT2D eigenvalue weighted by atomic mass is 19.4. The van der Waals surface area contributed by atoms with Crippen LogP contribution < -0.4 is 5.32 Å². The van der Waals surface area contributed by atoms with Crippen molar-refractivity contribution in [1.82, 2.24) is 0 Å². The number of amides is 1. The van der Waals surface area contributed by atoms with Crippen LogP contribution in [0.2, 0.25) is 0 Å². The number of hydrogen-bond acceptors (Lipinski definition) is 2. The van der Waals surface area contributed by atoms with Gasteiger partial charge in [0.05, 0.1) is 12.5 Å². The van der Waals surface area contributed by atoms with Crippen molar-refractivity contribution in [3.63, 3.8) is 0 Å². The van der Waals surface area contributed by atoms with E-state index in [1.54, 1.807) is 12.1 Å². The summed E-state index contributed by atoms with van der Waals surface area (Å²) in [5, 5.41) is 12.3. The Balaban J connectivity index is 2.06. The van der Waals surface area contributed by atoms with Crippen molar-refractivity contribution in [2.24, 2.45) is 0 Å². The van der Waals surface area contributed by atoms with Crippen molar-refractivity contribution in [3.8, 4) is 0 Å². The van der Waals surface area contributed by atoms with Crippen molar-refractivity contribution in [1.29, 1.82) is 0 Å². The molecule has 98 valence electrons. The van der Waals surface area contributed by atoms with E-state index in [1.165, 1.54) is 6.07 Å². The number of aliphatic hydroxyl groups is 1. The molecule has 2 N–H and O–H groups in total. The van der Waals surface area contributed by atoms with Gasteiger partial charge in [0.1, 0.15) is 0 Å². The van der Waals surface area contributed by atoms with Gasteiger partial charge in [0.15, 0.2) is 0 Å². The molecule has 6 heteroatoms. The predicted molar refractivity (Wildman–Crippen MR) is 59.0 cm³/mol. The molecule has 0 radical (unpaired) electrons. The van der Waals surface area contributed by atoms with Crippen LogP contribution in [0.3, 0.4) is 0 Å². The van der Waals surface area contributed by atoms with Crippen LogP contribution in [-0.2, 0) is 11.2 Å². The molecule has 0 bridgehead atoms. The Morgan fingerprint density at radius 3 is 2.78 bits per heavy atom. The lowest BCUT2D eigenvalue weighted by molar-refractivity contribution is -0.140. The molecule has 1 atom stereocenters. The molecule has 1 aromatic rings. The number of anilines is 1. The van der Waals surface area contributed by atoms with E-state index >= 15 is 0 Å². The van der Waals surface area contributed by atoms with Crippen molar-refractivity contribution < 1.29 is 23.1 Å². The summed E-state index contributed by atoms with van der Waals surface area (Å²) in [7, 11) is 0. The second-order valence-electron chi connectivity index (χ2n) is 4.31. The summed E-state index contributed by atoms with van der Waals surface area (Å²) in [6, 6.07) is 4.71. The minimum Gasteiger partial charge on any atom is -0.388 e. The van der Waals surface area contributed by atoms with E-state index in [1.807, 2.05) is 0 Å². The molecule has 3 nitrogen and oxygen atoms in total. The average Bonchev–Trinajstić information content (AvgIpc) is 2.63. The van der Waals surface area contributed by atoms with Gasteiger partial charge in [-0.15, -0.1) is 0 Å². The quantitative estimate of drug-likeness (QED) is 0.876. The third kappa shape index (κ3) is 3.01. The number of alkyl halides is 3. The molecule has 1 aromatic carbocycles. The number of rotatable bonds is 3. The first-order valence-electron chi connectivity index (χ1n) is 5.52. The molecule has 18 heavy (non-hydrogen) atoms. The summed E-state index contributed by atoms with van der Waals surface area (Å²) in [6.07, 6.45) is -6.62. The number of fused-ring (bicyclic) bond motifs is 1. The first kappa shape index (κ1) is 12.9. The van der Waals surface area contributed by atoms with Crippen molar-refractivity contribution >= 4 is 11.6 Å². The van der Waals surface area contributed by atoms with E-state index in [4.69, 9.17) is 0 Å². The standard InChI is InChI=1S/C12H12F3NO2/c13-12(14,15)4-3-10(17)7-1-2-9-8(5-7)6-11(18)16-9/h1-2,5,10,17H,3-4,6H2,(H,16,18). The molecule has 2 rings (SSSR count). The van der Waals surface area contributed by atoms with E-state index in [-0.39, 0.29) is 18.7 Å². The summed E-state index contributed by atoms with van der Waals surface area (Å²) >= 11 is 0. The van der Waals surface area contributed by atoms with Crippen LogP contribution in [0.25, 0.3) is 0 Å². The van der Waals surface area contributed by atoms with Gasteiger partial charge in [-0.3, -0.25) is 4.79 Å². The lowest BCUT2D eigenvalue weighted by atomic mass is 10.0. The number of nitrogens with one attached hydrogen (secondary N) is 1. The van der Waals surface area contributed by atoms with Crippen molar-refractivity contribution in [2.75, 3.05) is 5.32 Å². The number of hydrogen-bond donors (Lipinski definition) is 2. The monoisotopic (exact) mass is 259 g/mol. The molecule has 0 saturated heterocycles. The zero-order valence-electron chi connectivity index (χ0n) is 9.42. The summed E-state index contributed by atoms with van der Waals surface area (Å²) in [6.45, 7) is 0. The van der Waals surface area contributed by atoms with E-state index in [2.05, 4.69) is 5.32 Å². The van der Waals surface area contributed by atoms with Crippen molar-refractivity contribution in [3.05, 3.63) is 29.3 Å². The second-order valence-corrected chi connectivity index (χ2v) is 4.31. The Labute approximate surface area is 102 Å². The van der Waals surface area contributed by atoms with Crippen LogP contribution in [0, 0.1) is 0 Å². The first-order valence-corrected chi connectivity index (χ1v) is 5.52. The SMILES string of the molecule is O=C1Cc2cc(C(O)CCC(F)(F)F)ccc2N1. The van der Waals surface area contributed by atoms with Gasteiger partial charge >= 0.3 is 6.18 Å². The van der Waals surface area contributed by atoms with Crippen LogP contribution in [-0.4, -0.2) is 17.2 Å². The van der Waals surface area contributed by atoms with Gasteiger partial charge in [0, 0.05) is 12.1 Å². The summed E-state index contributed by atoms with van der Waals surface area (Å²) in [4.78, 5) is 11.1. The van der Waals surface area contributed by atoms with Gasteiger partial charge in [-0.1, -0.05) is 12.1 Å².